The van der Waals surface area contributed by atoms with E-state index in [4.69, 9.17) is 9.72 Å². The number of hydrogen-bond acceptors (Lipinski definition) is 7. The highest BCUT2D eigenvalue weighted by Crippen LogP contribution is 2.27. The van der Waals surface area contributed by atoms with Crippen molar-refractivity contribution in [2.75, 3.05) is 30.4 Å². The Kier molecular flexibility index (Phi) is 3.82. The number of rotatable bonds is 4. The molecule has 0 amide bonds. The van der Waals surface area contributed by atoms with Gasteiger partial charge in [0.25, 0.3) is 0 Å². The van der Waals surface area contributed by atoms with E-state index in [-0.39, 0.29) is 0 Å². The maximum atomic E-state index is 5.26. The predicted molar refractivity (Wildman–Crippen MR) is 92.9 cm³/mol. The van der Waals surface area contributed by atoms with Crippen LogP contribution in [0.2, 0.25) is 0 Å². The first kappa shape index (κ1) is 14.6. The molecule has 3 aromatic rings. The van der Waals surface area contributed by atoms with Gasteiger partial charge in [-0.3, -0.25) is 0 Å². The summed E-state index contributed by atoms with van der Waals surface area (Å²) in [4.78, 5) is 20.2. The lowest BCUT2D eigenvalue weighted by Gasteiger charge is -2.18. The Bertz CT molecular complexity index is 863. The minimum atomic E-state index is 0.512. The molecular weight excluding hydrogens is 304 g/mol. The molecule has 3 heterocycles. The van der Waals surface area contributed by atoms with Crippen molar-refractivity contribution in [2.24, 2.45) is 0 Å². The van der Waals surface area contributed by atoms with Gasteiger partial charge in [-0.25, -0.2) is 9.97 Å². The molecule has 1 aromatic carbocycles. The number of hydrogen-bond donors (Lipinski definition) is 1. The van der Waals surface area contributed by atoms with Gasteiger partial charge in [0.1, 0.15) is 5.75 Å². The Morgan fingerprint density at radius 2 is 1.92 bits per heavy atom. The molecule has 1 aliphatic heterocycles. The summed E-state index contributed by atoms with van der Waals surface area (Å²) >= 11 is 0. The Morgan fingerprint density at radius 3 is 2.75 bits per heavy atom. The summed E-state index contributed by atoms with van der Waals surface area (Å²) in [6.45, 7) is 1.97. The lowest BCUT2D eigenvalue weighted by molar-refractivity contribution is 0.415. The number of fused-ring (bicyclic) bond motifs is 1. The van der Waals surface area contributed by atoms with Crippen molar-refractivity contribution >= 4 is 28.6 Å². The third-order valence-electron chi connectivity index (χ3n) is 4.05. The molecule has 0 bridgehead atoms. The van der Waals surface area contributed by atoms with Crippen molar-refractivity contribution < 1.29 is 4.74 Å². The Morgan fingerprint density at radius 1 is 1.08 bits per heavy atom. The number of anilines is 3. The molecule has 0 radical (unpaired) electrons. The fourth-order valence-electron chi connectivity index (χ4n) is 2.88. The van der Waals surface area contributed by atoms with Crippen molar-refractivity contribution in [2.45, 2.75) is 12.8 Å². The predicted octanol–water partition coefficient (Wildman–Crippen LogP) is 2.77. The van der Waals surface area contributed by atoms with Gasteiger partial charge in [-0.2, -0.15) is 9.97 Å². The molecule has 24 heavy (non-hydrogen) atoms. The van der Waals surface area contributed by atoms with Crippen LogP contribution in [-0.4, -0.2) is 40.1 Å². The molecule has 122 valence electrons. The minimum absolute atomic E-state index is 0.512. The zero-order valence-corrected chi connectivity index (χ0v) is 13.4. The average molecular weight is 322 g/mol. The summed E-state index contributed by atoms with van der Waals surface area (Å²) in [7, 11) is 1.65. The summed E-state index contributed by atoms with van der Waals surface area (Å²) < 4.78 is 5.26. The third kappa shape index (κ3) is 2.80. The molecule has 7 nitrogen and oxygen atoms in total. The number of nitrogens with zero attached hydrogens (tertiary/aromatic N) is 5. The van der Waals surface area contributed by atoms with Crippen LogP contribution in [0.5, 0.6) is 5.75 Å². The van der Waals surface area contributed by atoms with Crippen molar-refractivity contribution in [1.29, 1.82) is 0 Å². The van der Waals surface area contributed by atoms with Gasteiger partial charge in [0.15, 0.2) is 17.0 Å². The normalized spacial score (nSPS) is 14.1. The fraction of sp³-hybridized carbons (Fsp3) is 0.294. The Balaban J connectivity index is 1.75. The second-order valence-corrected chi connectivity index (χ2v) is 5.65. The summed E-state index contributed by atoms with van der Waals surface area (Å²) in [5.41, 5.74) is 2.21. The zero-order chi connectivity index (χ0) is 16.4. The van der Waals surface area contributed by atoms with Crippen LogP contribution in [-0.2, 0) is 0 Å². The first-order valence-corrected chi connectivity index (χ1v) is 7.98. The van der Waals surface area contributed by atoms with Crippen LogP contribution in [0.3, 0.4) is 0 Å². The second-order valence-electron chi connectivity index (χ2n) is 5.65. The molecule has 1 N–H and O–H groups in total. The zero-order valence-electron chi connectivity index (χ0n) is 13.4. The van der Waals surface area contributed by atoms with Gasteiger partial charge >= 0.3 is 0 Å². The van der Waals surface area contributed by atoms with Gasteiger partial charge in [0.05, 0.1) is 7.11 Å². The molecular formula is C17H18N6O. The fourth-order valence-corrected chi connectivity index (χ4v) is 2.88. The third-order valence-corrected chi connectivity index (χ3v) is 4.05. The number of aromatic nitrogens is 4. The van der Waals surface area contributed by atoms with Gasteiger partial charge in [0.2, 0.25) is 5.95 Å². The van der Waals surface area contributed by atoms with E-state index in [0.717, 1.165) is 35.9 Å². The minimum Gasteiger partial charge on any atom is -0.497 e. The van der Waals surface area contributed by atoms with Crippen LogP contribution in [0.4, 0.5) is 17.5 Å². The van der Waals surface area contributed by atoms with Gasteiger partial charge in [0, 0.05) is 37.2 Å². The second kappa shape index (κ2) is 6.27. The van der Waals surface area contributed by atoms with Crippen LogP contribution in [0, 0.1) is 0 Å². The molecule has 0 atom stereocenters. The Hall–Kier alpha value is -2.96. The molecule has 4 rings (SSSR count). The van der Waals surface area contributed by atoms with E-state index in [1.807, 2.05) is 24.3 Å². The molecule has 0 saturated carbocycles. The van der Waals surface area contributed by atoms with Crippen LogP contribution in [0.25, 0.3) is 11.2 Å². The SMILES string of the molecule is COc1cccc(Nc2nc(N3CCCC3)c3nccnc3n2)c1. The molecule has 0 aliphatic carbocycles. The van der Waals surface area contributed by atoms with Crippen LogP contribution in [0.1, 0.15) is 12.8 Å². The first-order chi connectivity index (χ1) is 11.8. The molecule has 0 unspecified atom stereocenters. The highest BCUT2D eigenvalue weighted by atomic mass is 16.5. The quantitative estimate of drug-likeness (QED) is 0.791. The largest absolute Gasteiger partial charge is 0.497 e. The summed E-state index contributed by atoms with van der Waals surface area (Å²) in [6.07, 6.45) is 5.67. The first-order valence-electron chi connectivity index (χ1n) is 7.98. The maximum absolute atomic E-state index is 5.26. The number of ether oxygens (including phenoxy) is 1. The number of nitrogens with one attached hydrogen (secondary N) is 1. The van der Waals surface area contributed by atoms with E-state index in [1.165, 1.54) is 12.8 Å². The van der Waals surface area contributed by atoms with Crippen LogP contribution in [0.15, 0.2) is 36.7 Å². The summed E-state index contributed by atoms with van der Waals surface area (Å²) in [6, 6.07) is 7.67. The maximum Gasteiger partial charge on any atom is 0.231 e. The molecule has 1 saturated heterocycles. The smallest absolute Gasteiger partial charge is 0.231 e. The molecule has 2 aromatic heterocycles. The van der Waals surface area contributed by atoms with E-state index >= 15 is 0 Å². The van der Waals surface area contributed by atoms with Gasteiger partial charge < -0.3 is 15.0 Å². The standard InChI is InChI=1S/C17H18N6O/c1-24-13-6-4-5-12(11-13)20-17-21-15-14(18-7-8-19-15)16(22-17)23-9-2-3-10-23/h4-8,11H,2-3,9-10H2,1H3,(H,19,20,21,22). The van der Waals surface area contributed by atoms with Crippen molar-refractivity contribution in [3.63, 3.8) is 0 Å². The van der Waals surface area contributed by atoms with Gasteiger partial charge in [-0.15, -0.1) is 0 Å². The molecule has 0 spiro atoms. The topological polar surface area (TPSA) is 76.1 Å². The van der Waals surface area contributed by atoms with Gasteiger partial charge in [-0.05, 0) is 25.0 Å². The number of benzene rings is 1. The molecule has 1 fully saturated rings. The van der Waals surface area contributed by atoms with E-state index in [1.54, 1.807) is 19.5 Å². The Labute approximate surface area is 139 Å². The lowest BCUT2D eigenvalue weighted by atomic mass is 10.3. The van der Waals surface area contributed by atoms with Crippen LogP contribution < -0.4 is 15.0 Å². The van der Waals surface area contributed by atoms with Crippen molar-refractivity contribution in [3.05, 3.63) is 36.7 Å². The van der Waals surface area contributed by atoms with Crippen molar-refractivity contribution in [1.82, 2.24) is 19.9 Å². The summed E-state index contributed by atoms with van der Waals surface area (Å²) in [5, 5.41) is 3.24. The monoisotopic (exact) mass is 322 g/mol. The highest BCUT2D eigenvalue weighted by molar-refractivity contribution is 5.84. The summed E-state index contributed by atoms with van der Waals surface area (Å²) in [5.74, 6) is 2.13. The molecule has 1 aliphatic rings. The molecule has 7 heteroatoms. The average Bonchev–Trinajstić information content (AvgIpc) is 3.16. The number of methoxy groups -OCH3 is 1. The van der Waals surface area contributed by atoms with E-state index in [0.29, 0.717) is 11.6 Å². The highest BCUT2D eigenvalue weighted by Gasteiger charge is 2.19. The van der Waals surface area contributed by atoms with Gasteiger partial charge in [-0.1, -0.05) is 6.07 Å². The van der Waals surface area contributed by atoms with E-state index < -0.39 is 0 Å². The van der Waals surface area contributed by atoms with E-state index in [2.05, 4.69) is 25.2 Å². The van der Waals surface area contributed by atoms with Crippen LogP contribution >= 0.6 is 0 Å². The lowest BCUT2D eigenvalue weighted by Crippen LogP contribution is -2.20. The van der Waals surface area contributed by atoms with E-state index in [9.17, 15) is 0 Å². The van der Waals surface area contributed by atoms with Crippen molar-refractivity contribution in [3.8, 4) is 5.75 Å².